The van der Waals surface area contributed by atoms with E-state index in [1.807, 2.05) is 13.8 Å². The number of nitrogens with one attached hydrogen (secondary N) is 1. The molecule has 0 saturated carbocycles. The van der Waals surface area contributed by atoms with E-state index in [2.05, 4.69) is 20.3 Å². The van der Waals surface area contributed by atoms with E-state index in [0.717, 1.165) is 5.56 Å². The average molecular weight is 313 g/mol. The molecule has 0 fully saturated rings. The summed E-state index contributed by atoms with van der Waals surface area (Å²) in [6, 6.07) is 5.50. The van der Waals surface area contributed by atoms with Gasteiger partial charge < -0.3 is 10.1 Å². The average Bonchev–Trinajstić information content (AvgIpc) is 2.42. The van der Waals surface area contributed by atoms with E-state index in [4.69, 9.17) is 27.9 Å². The Morgan fingerprint density at radius 1 is 1.10 bits per heavy atom. The lowest BCUT2D eigenvalue weighted by molar-refractivity contribution is 0.312. The molecule has 1 aromatic heterocycles. The van der Waals surface area contributed by atoms with Crippen LogP contribution in [0.3, 0.4) is 0 Å². The van der Waals surface area contributed by atoms with E-state index in [9.17, 15) is 0 Å². The molecule has 20 heavy (non-hydrogen) atoms. The smallest absolute Gasteiger partial charge is 0.321 e. The second kappa shape index (κ2) is 6.72. The largest absolute Gasteiger partial charge is 0.464 e. The van der Waals surface area contributed by atoms with Crippen LogP contribution in [0.5, 0.6) is 6.01 Å². The first kappa shape index (κ1) is 14.8. The third kappa shape index (κ3) is 3.49. The summed E-state index contributed by atoms with van der Waals surface area (Å²) in [5, 5.41) is 3.98. The monoisotopic (exact) mass is 312 g/mol. The highest BCUT2D eigenvalue weighted by molar-refractivity contribution is 6.42. The molecule has 2 aromatic rings. The Balaban J connectivity index is 2.45. The summed E-state index contributed by atoms with van der Waals surface area (Å²) in [5.41, 5.74) is 0.752. The summed E-state index contributed by atoms with van der Waals surface area (Å²) in [6.45, 7) is 5.02. The third-order valence-corrected chi connectivity index (χ3v) is 3.14. The molecule has 1 N–H and O–H groups in total. The predicted octanol–water partition coefficient (Wildman–Crippen LogP) is 3.68. The van der Waals surface area contributed by atoms with Crippen molar-refractivity contribution in [3.05, 3.63) is 28.2 Å². The molecule has 5 nitrogen and oxygen atoms in total. The van der Waals surface area contributed by atoms with Crippen molar-refractivity contribution < 1.29 is 4.74 Å². The van der Waals surface area contributed by atoms with Gasteiger partial charge in [0.15, 0.2) is 5.82 Å². The fraction of sp³-hybridized carbons (Fsp3) is 0.308. The Kier molecular flexibility index (Phi) is 4.98. The second-order valence-corrected chi connectivity index (χ2v) is 4.67. The number of halogens is 2. The van der Waals surface area contributed by atoms with Crippen LogP contribution in [0.1, 0.15) is 13.8 Å². The first-order valence-electron chi connectivity index (χ1n) is 6.22. The zero-order chi connectivity index (χ0) is 14.5. The van der Waals surface area contributed by atoms with E-state index in [-0.39, 0.29) is 6.01 Å². The minimum Gasteiger partial charge on any atom is -0.464 e. The first-order valence-corrected chi connectivity index (χ1v) is 6.97. The van der Waals surface area contributed by atoms with Crippen LogP contribution in [0.2, 0.25) is 10.0 Å². The molecule has 106 valence electrons. The fourth-order valence-electron chi connectivity index (χ4n) is 1.55. The zero-order valence-electron chi connectivity index (χ0n) is 11.2. The second-order valence-electron chi connectivity index (χ2n) is 3.86. The fourth-order valence-corrected chi connectivity index (χ4v) is 1.85. The van der Waals surface area contributed by atoms with E-state index in [1.165, 1.54) is 0 Å². The van der Waals surface area contributed by atoms with Crippen LogP contribution in [0.25, 0.3) is 11.4 Å². The summed E-state index contributed by atoms with van der Waals surface area (Å²) in [5.74, 6) is 0.949. The molecule has 2 rings (SSSR count). The Bertz CT molecular complexity index is 583. The highest BCUT2D eigenvalue weighted by Gasteiger charge is 2.10. The normalized spacial score (nSPS) is 10.4. The maximum absolute atomic E-state index is 6.02. The molecule has 0 aliphatic rings. The summed E-state index contributed by atoms with van der Waals surface area (Å²) in [7, 11) is 0. The van der Waals surface area contributed by atoms with Crippen LogP contribution >= 0.6 is 23.2 Å². The lowest BCUT2D eigenvalue weighted by atomic mass is 10.2. The number of nitrogens with zero attached hydrogens (tertiary/aromatic N) is 3. The van der Waals surface area contributed by atoms with Crippen molar-refractivity contribution in [3.8, 4) is 17.4 Å². The lowest BCUT2D eigenvalue weighted by Crippen LogP contribution is -2.07. The van der Waals surface area contributed by atoms with Crippen molar-refractivity contribution in [1.82, 2.24) is 15.0 Å². The quantitative estimate of drug-likeness (QED) is 0.912. The van der Waals surface area contributed by atoms with Crippen LogP contribution in [0.4, 0.5) is 5.95 Å². The zero-order valence-corrected chi connectivity index (χ0v) is 12.7. The van der Waals surface area contributed by atoms with Crippen LogP contribution in [-0.4, -0.2) is 28.1 Å². The third-order valence-electron chi connectivity index (χ3n) is 2.40. The number of benzene rings is 1. The lowest BCUT2D eigenvalue weighted by Gasteiger charge is -2.08. The van der Waals surface area contributed by atoms with E-state index < -0.39 is 0 Å². The molecule has 0 amide bonds. The summed E-state index contributed by atoms with van der Waals surface area (Å²) in [6.07, 6.45) is 0. The molecule has 1 heterocycles. The highest BCUT2D eigenvalue weighted by atomic mass is 35.5. The van der Waals surface area contributed by atoms with Crippen molar-refractivity contribution in [2.75, 3.05) is 18.5 Å². The first-order chi connectivity index (χ1) is 9.63. The number of anilines is 1. The van der Waals surface area contributed by atoms with Crippen molar-refractivity contribution in [2.24, 2.45) is 0 Å². The SMILES string of the molecule is CCNc1nc(OCC)nc(-c2ccc(Cl)c(Cl)c2)n1. The Morgan fingerprint density at radius 2 is 1.90 bits per heavy atom. The molecule has 0 bridgehead atoms. The maximum atomic E-state index is 6.02. The van der Waals surface area contributed by atoms with E-state index in [0.29, 0.717) is 35.0 Å². The topological polar surface area (TPSA) is 59.9 Å². The van der Waals surface area contributed by atoms with Crippen molar-refractivity contribution in [1.29, 1.82) is 0 Å². The number of rotatable bonds is 5. The van der Waals surface area contributed by atoms with Crippen LogP contribution in [0.15, 0.2) is 18.2 Å². The van der Waals surface area contributed by atoms with Gasteiger partial charge in [0.1, 0.15) is 0 Å². The Morgan fingerprint density at radius 3 is 2.55 bits per heavy atom. The van der Waals surface area contributed by atoms with Crippen molar-refractivity contribution in [2.45, 2.75) is 13.8 Å². The van der Waals surface area contributed by atoms with Gasteiger partial charge in [-0.15, -0.1) is 0 Å². The van der Waals surface area contributed by atoms with Gasteiger partial charge in [0.05, 0.1) is 16.7 Å². The van der Waals surface area contributed by atoms with Gasteiger partial charge >= 0.3 is 6.01 Å². The summed E-state index contributed by atoms with van der Waals surface area (Å²) in [4.78, 5) is 12.8. The molecular formula is C13H14Cl2N4O. The maximum Gasteiger partial charge on any atom is 0.321 e. The highest BCUT2D eigenvalue weighted by Crippen LogP contribution is 2.27. The number of hydrogen-bond donors (Lipinski definition) is 1. The van der Waals surface area contributed by atoms with Gasteiger partial charge in [-0.2, -0.15) is 15.0 Å². The summed E-state index contributed by atoms with van der Waals surface area (Å²) < 4.78 is 5.35. The molecule has 0 unspecified atom stereocenters. The van der Waals surface area contributed by atoms with E-state index >= 15 is 0 Å². The summed E-state index contributed by atoms with van der Waals surface area (Å²) >= 11 is 11.9. The molecule has 0 aliphatic carbocycles. The number of hydrogen-bond acceptors (Lipinski definition) is 5. The molecule has 0 spiro atoms. The molecule has 0 saturated heterocycles. The van der Waals surface area contributed by atoms with Gasteiger partial charge in [0.2, 0.25) is 5.95 Å². The molecule has 7 heteroatoms. The predicted molar refractivity (Wildman–Crippen MR) is 80.6 cm³/mol. The van der Waals surface area contributed by atoms with Crippen molar-refractivity contribution >= 4 is 29.2 Å². The molecular weight excluding hydrogens is 299 g/mol. The Hall–Kier alpha value is -1.59. The standard InChI is InChI=1S/C13H14Cl2N4O/c1-3-16-12-17-11(18-13(19-12)20-4-2)8-5-6-9(14)10(15)7-8/h5-7H,3-4H2,1-2H3,(H,16,17,18,19). The molecule has 0 radical (unpaired) electrons. The van der Waals surface area contributed by atoms with Gasteiger partial charge in [-0.05, 0) is 32.0 Å². The van der Waals surface area contributed by atoms with Gasteiger partial charge in [0, 0.05) is 12.1 Å². The molecule has 1 aromatic carbocycles. The van der Waals surface area contributed by atoms with Crippen molar-refractivity contribution in [3.63, 3.8) is 0 Å². The number of aromatic nitrogens is 3. The minimum atomic E-state index is 0.277. The van der Waals surface area contributed by atoms with E-state index in [1.54, 1.807) is 18.2 Å². The van der Waals surface area contributed by atoms with Gasteiger partial charge in [0.25, 0.3) is 0 Å². The van der Waals surface area contributed by atoms with Crippen LogP contribution < -0.4 is 10.1 Å². The van der Waals surface area contributed by atoms with Gasteiger partial charge in [-0.3, -0.25) is 0 Å². The van der Waals surface area contributed by atoms with Crippen LogP contribution in [0, 0.1) is 0 Å². The van der Waals surface area contributed by atoms with Crippen LogP contribution in [-0.2, 0) is 0 Å². The van der Waals surface area contributed by atoms with Gasteiger partial charge in [-0.1, -0.05) is 23.2 Å². The Labute approximate surface area is 127 Å². The van der Waals surface area contributed by atoms with Gasteiger partial charge in [-0.25, -0.2) is 0 Å². The number of ether oxygens (including phenoxy) is 1. The molecule has 0 aliphatic heterocycles. The molecule has 0 atom stereocenters. The minimum absolute atomic E-state index is 0.277.